The molecule has 4 nitrogen and oxygen atoms in total. The lowest BCUT2D eigenvalue weighted by atomic mass is 9.98. The van der Waals surface area contributed by atoms with Crippen molar-refractivity contribution in [3.63, 3.8) is 0 Å². The van der Waals surface area contributed by atoms with Crippen molar-refractivity contribution in [3.8, 4) is 6.07 Å². The number of hydrogen-bond acceptors (Lipinski definition) is 3. The van der Waals surface area contributed by atoms with Gasteiger partial charge < -0.3 is 10.6 Å². The summed E-state index contributed by atoms with van der Waals surface area (Å²) in [6.07, 6.45) is 2.56. The number of carbonyl (C=O) groups excluding carboxylic acids is 1. The predicted octanol–water partition coefficient (Wildman–Crippen LogP) is 2.27. The van der Waals surface area contributed by atoms with Crippen molar-refractivity contribution >= 4 is 5.91 Å². The van der Waals surface area contributed by atoms with Gasteiger partial charge in [-0.05, 0) is 43.2 Å². The molecule has 1 aromatic rings. The van der Waals surface area contributed by atoms with E-state index in [1.54, 1.807) is 4.90 Å². The highest BCUT2D eigenvalue weighted by atomic mass is 19.2. The SMILES string of the molecule is N#C[C@H]1C2CCC(C2)N1C(=O)C[C@H](N)Cc1cc(F)c(F)cc1F. The van der Waals surface area contributed by atoms with Crippen LogP contribution in [0.2, 0.25) is 0 Å². The van der Waals surface area contributed by atoms with Gasteiger partial charge >= 0.3 is 0 Å². The first-order valence-electron chi connectivity index (χ1n) is 8.00. The molecule has 0 spiro atoms. The van der Waals surface area contributed by atoms with E-state index in [1.165, 1.54) is 0 Å². The summed E-state index contributed by atoms with van der Waals surface area (Å²) in [5, 5.41) is 9.27. The number of piperidine rings is 1. The van der Waals surface area contributed by atoms with Crippen LogP contribution >= 0.6 is 0 Å². The largest absolute Gasteiger partial charge is 0.327 e. The number of likely N-dealkylation sites (tertiary alicyclic amines) is 1. The first kappa shape index (κ1) is 16.8. The van der Waals surface area contributed by atoms with E-state index in [2.05, 4.69) is 6.07 Å². The molecule has 0 radical (unpaired) electrons. The monoisotopic (exact) mass is 337 g/mol. The molecule has 1 aliphatic carbocycles. The molecule has 2 N–H and O–H groups in total. The maximum absolute atomic E-state index is 13.7. The Kier molecular flexibility index (Phi) is 4.50. The van der Waals surface area contributed by atoms with Gasteiger partial charge in [0.05, 0.1) is 6.07 Å². The normalized spacial score (nSPS) is 26.5. The van der Waals surface area contributed by atoms with Crippen molar-refractivity contribution in [3.05, 3.63) is 35.1 Å². The molecule has 2 unspecified atom stereocenters. The van der Waals surface area contributed by atoms with E-state index in [-0.39, 0.29) is 36.3 Å². The second-order valence-corrected chi connectivity index (χ2v) is 6.63. The molecule has 1 saturated carbocycles. The standard InChI is InChI=1S/C17H18F3N3O/c18-13-7-15(20)14(19)5-10(13)3-11(22)6-17(24)23-12-2-1-9(4-12)16(23)8-21/h5,7,9,11-12,16H,1-4,6,22H2/t9?,11-,12?,16+/m1/s1. The number of fused-ring (bicyclic) bond motifs is 2. The summed E-state index contributed by atoms with van der Waals surface area (Å²) >= 11 is 0. The minimum Gasteiger partial charge on any atom is -0.327 e. The summed E-state index contributed by atoms with van der Waals surface area (Å²) < 4.78 is 39.8. The van der Waals surface area contributed by atoms with Gasteiger partial charge in [0.2, 0.25) is 5.91 Å². The fraction of sp³-hybridized carbons (Fsp3) is 0.529. The Labute approximate surface area is 138 Å². The summed E-state index contributed by atoms with van der Waals surface area (Å²) in [6, 6.07) is 2.37. The molecule has 3 rings (SSSR count). The highest BCUT2D eigenvalue weighted by molar-refractivity contribution is 5.78. The topological polar surface area (TPSA) is 70.1 Å². The van der Waals surface area contributed by atoms with E-state index < -0.39 is 29.5 Å². The lowest BCUT2D eigenvalue weighted by Gasteiger charge is -2.32. The second-order valence-electron chi connectivity index (χ2n) is 6.63. The van der Waals surface area contributed by atoms with Gasteiger partial charge in [0.1, 0.15) is 11.9 Å². The van der Waals surface area contributed by atoms with E-state index in [1.807, 2.05) is 0 Å². The molecule has 1 aliphatic heterocycles. The summed E-state index contributed by atoms with van der Waals surface area (Å²) in [6.45, 7) is 0. The molecule has 4 atom stereocenters. The summed E-state index contributed by atoms with van der Waals surface area (Å²) in [4.78, 5) is 14.1. The molecule has 7 heteroatoms. The fourth-order valence-corrected chi connectivity index (χ4v) is 3.92. The molecular weight excluding hydrogens is 319 g/mol. The van der Waals surface area contributed by atoms with Crippen LogP contribution in [0.3, 0.4) is 0 Å². The van der Waals surface area contributed by atoms with E-state index in [0.29, 0.717) is 6.07 Å². The van der Waals surface area contributed by atoms with Gasteiger partial charge in [-0.2, -0.15) is 5.26 Å². The molecule has 1 heterocycles. The molecule has 128 valence electrons. The Bertz CT molecular complexity index is 703. The Balaban J connectivity index is 1.65. The number of nitrogens with zero attached hydrogens (tertiary/aromatic N) is 2. The van der Waals surface area contributed by atoms with E-state index >= 15 is 0 Å². The van der Waals surface area contributed by atoms with Crippen molar-refractivity contribution in [1.82, 2.24) is 4.90 Å². The Morgan fingerprint density at radius 3 is 2.71 bits per heavy atom. The molecule has 1 amide bonds. The maximum atomic E-state index is 13.7. The van der Waals surface area contributed by atoms with Gasteiger partial charge in [0, 0.05) is 24.6 Å². The Hall–Kier alpha value is -2.07. The molecule has 24 heavy (non-hydrogen) atoms. The number of halogens is 3. The summed E-state index contributed by atoms with van der Waals surface area (Å²) in [7, 11) is 0. The average molecular weight is 337 g/mol. The van der Waals surface area contributed by atoms with E-state index in [9.17, 15) is 23.2 Å². The first-order valence-corrected chi connectivity index (χ1v) is 8.00. The second kappa shape index (κ2) is 6.44. The third kappa shape index (κ3) is 2.98. The van der Waals surface area contributed by atoms with Gasteiger partial charge in [-0.1, -0.05) is 0 Å². The number of benzene rings is 1. The van der Waals surface area contributed by atoms with Gasteiger partial charge in [-0.3, -0.25) is 4.79 Å². The summed E-state index contributed by atoms with van der Waals surface area (Å²) in [5.41, 5.74) is 5.84. The van der Waals surface area contributed by atoms with Crippen LogP contribution in [-0.2, 0) is 11.2 Å². The number of nitrogens with two attached hydrogens (primary N) is 1. The lowest BCUT2D eigenvalue weighted by Crippen LogP contribution is -2.46. The van der Waals surface area contributed by atoms with Crippen LogP contribution in [0.15, 0.2) is 12.1 Å². The van der Waals surface area contributed by atoms with Gasteiger partial charge in [0.15, 0.2) is 11.6 Å². The maximum Gasteiger partial charge on any atom is 0.225 e. The van der Waals surface area contributed by atoms with Gasteiger partial charge in [0.25, 0.3) is 0 Å². The molecule has 1 saturated heterocycles. The van der Waals surface area contributed by atoms with Crippen LogP contribution in [0, 0.1) is 34.7 Å². The number of hydrogen-bond donors (Lipinski definition) is 1. The predicted molar refractivity (Wildman–Crippen MR) is 80.0 cm³/mol. The zero-order chi connectivity index (χ0) is 17.4. The van der Waals surface area contributed by atoms with Crippen LogP contribution in [0.25, 0.3) is 0 Å². The third-order valence-electron chi connectivity index (χ3n) is 5.01. The first-order chi connectivity index (χ1) is 11.4. The quantitative estimate of drug-likeness (QED) is 0.857. The van der Waals surface area contributed by atoms with Crippen molar-refractivity contribution in [1.29, 1.82) is 5.26 Å². The van der Waals surface area contributed by atoms with Crippen LogP contribution in [0.1, 0.15) is 31.2 Å². The third-order valence-corrected chi connectivity index (χ3v) is 5.01. The van der Waals surface area contributed by atoms with E-state index in [0.717, 1.165) is 25.3 Å². The lowest BCUT2D eigenvalue weighted by molar-refractivity contribution is -0.134. The highest BCUT2D eigenvalue weighted by Gasteiger charge is 2.48. The highest BCUT2D eigenvalue weighted by Crippen LogP contribution is 2.42. The molecule has 1 aromatic carbocycles. The minimum absolute atomic E-state index is 0.0557. The molecule has 2 fully saturated rings. The van der Waals surface area contributed by atoms with Crippen LogP contribution < -0.4 is 5.73 Å². The molecular formula is C17H18F3N3O. The van der Waals surface area contributed by atoms with Crippen molar-refractivity contribution < 1.29 is 18.0 Å². The summed E-state index contributed by atoms with van der Waals surface area (Å²) in [5.74, 6) is -3.29. The molecule has 2 bridgehead atoms. The van der Waals surface area contributed by atoms with Crippen molar-refractivity contribution in [2.45, 2.75) is 50.2 Å². The van der Waals surface area contributed by atoms with Crippen molar-refractivity contribution in [2.75, 3.05) is 0 Å². The Morgan fingerprint density at radius 2 is 2.00 bits per heavy atom. The van der Waals surface area contributed by atoms with Gasteiger partial charge in [-0.25, -0.2) is 13.2 Å². The molecule has 0 aromatic heterocycles. The van der Waals surface area contributed by atoms with Crippen LogP contribution in [0.5, 0.6) is 0 Å². The smallest absolute Gasteiger partial charge is 0.225 e. The van der Waals surface area contributed by atoms with E-state index in [4.69, 9.17) is 5.73 Å². The number of carbonyl (C=O) groups is 1. The number of amides is 1. The number of nitriles is 1. The fourth-order valence-electron chi connectivity index (χ4n) is 3.92. The molecule has 2 aliphatic rings. The van der Waals surface area contributed by atoms with Gasteiger partial charge in [-0.15, -0.1) is 0 Å². The Morgan fingerprint density at radius 1 is 1.29 bits per heavy atom. The van der Waals surface area contributed by atoms with Crippen LogP contribution in [-0.4, -0.2) is 28.9 Å². The number of rotatable bonds is 4. The van der Waals surface area contributed by atoms with Crippen LogP contribution in [0.4, 0.5) is 13.2 Å². The zero-order valence-electron chi connectivity index (χ0n) is 13.0. The zero-order valence-corrected chi connectivity index (χ0v) is 13.0. The van der Waals surface area contributed by atoms with Crippen molar-refractivity contribution in [2.24, 2.45) is 11.7 Å². The minimum atomic E-state index is -1.26. The average Bonchev–Trinajstić information content (AvgIpc) is 3.12.